The van der Waals surface area contributed by atoms with E-state index in [1.165, 1.54) is 5.56 Å². The first-order chi connectivity index (χ1) is 9.11. The van der Waals surface area contributed by atoms with E-state index in [-0.39, 0.29) is 12.8 Å². The SMILES string of the molecule is CCNC(Cc1ccccc1)C1CCC(F)(F)CC1. The Hall–Kier alpha value is -0.960. The lowest BCUT2D eigenvalue weighted by atomic mass is 9.80. The topological polar surface area (TPSA) is 12.0 Å². The Bertz CT molecular complexity index is 368. The van der Waals surface area contributed by atoms with Crippen molar-refractivity contribution in [3.8, 4) is 0 Å². The average molecular weight is 267 g/mol. The predicted molar refractivity (Wildman–Crippen MR) is 74.5 cm³/mol. The summed E-state index contributed by atoms with van der Waals surface area (Å²) in [5.74, 6) is -2.06. The fraction of sp³-hybridized carbons (Fsp3) is 0.625. The minimum absolute atomic E-state index is 0.0500. The van der Waals surface area contributed by atoms with Gasteiger partial charge in [-0.2, -0.15) is 0 Å². The Morgan fingerprint density at radius 1 is 1.21 bits per heavy atom. The number of alkyl halides is 2. The van der Waals surface area contributed by atoms with Gasteiger partial charge in [0.15, 0.2) is 0 Å². The van der Waals surface area contributed by atoms with E-state index in [4.69, 9.17) is 0 Å². The van der Waals surface area contributed by atoms with Gasteiger partial charge in [0.25, 0.3) is 0 Å². The van der Waals surface area contributed by atoms with Gasteiger partial charge in [-0.3, -0.25) is 0 Å². The molecule has 1 unspecified atom stereocenters. The third-order valence-electron chi connectivity index (χ3n) is 4.10. The van der Waals surface area contributed by atoms with Crippen LogP contribution in [0.3, 0.4) is 0 Å². The quantitative estimate of drug-likeness (QED) is 0.849. The second-order valence-corrected chi connectivity index (χ2v) is 5.55. The summed E-state index contributed by atoms with van der Waals surface area (Å²) in [5.41, 5.74) is 1.28. The lowest BCUT2D eigenvalue weighted by Gasteiger charge is -2.34. The van der Waals surface area contributed by atoms with E-state index in [9.17, 15) is 8.78 Å². The highest BCUT2D eigenvalue weighted by atomic mass is 19.3. The molecular formula is C16H23F2N. The molecule has 0 saturated heterocycles. The Balaban J connectivity index is 1.96. The molecular weight excluding hydrogens is 244 g/mol. The van der Waals surface area contributed by atoms with Gasteiger partial charge in [0.05, 0.1) is 0 Å². The van der Waals surface area contributed by atoms with Crippen molar-refractivity contribution >= 4 is 0 Å². The Morgan fingerprint density at radius 2 is 1.84 bits per heavy atom. The number of likely N-dealkylation sites (N-methyl/N-ethyl adjacent to an activating group) is 1. The van der Waals surface area contributed by atoms with Gasteiger partial charge in [0.2, 0.25) is 5.92 Å². The second kappa shape index (κ2) is 6.47. The lowest BCUT2D eigenvalue weighted by molar-refractivity contribution is -0.0494. The van der Waals surface area contributed by atoms with Crippen molar-refractivity contribution in [1.29, 1.82) is 0 Å². The lowest BCUT2D eigenvalue weighted by Crippen LogP contribution is -2.41. The molecule has 3 heteroatoms. The van der Waals surface area contributed by atoms with Crippen LogP contribution >= 0.6 is 0 Å². The molecule has 1 aromatic rings. The molecule has 0 radical (unpaired) electrons. The first kappa shape index (κ1) is 14.4. The third-order valence-corrected chi connectivity index (χ3v) is 4.10. The normalized spacial score (nSPS) is 21.2. The van der Waals surface area contributed by atoms with Crippen molar-refractivity contribution in [3.63, 3.8) is 0 Å². The van der Waals surface area contributed by atoms with Crippen molar-refractivity contribution in [2.24, 2.45) is 5.92 Å². The average Bonchev–Trinajstić information content (AvgIpc) is 2.39. The van der Waals surface area contributed by atoms with Crippen LogP contribution in [0.4, 0.5) is 8.78 Å². The standard InChI is InChI=1S/C16H23F2N/c1-2-19-15(12-13-6-4-3-5-7-13)14-8-10-16(17,18)11-9-14/h3-7,14-15,19H,2,8-12H2,1H3. The molecule has 0 aliphatic heterocycles. The molecule has 1 fully saturated rings. The van der Waals surface area contributed by atoms with Crippen LogP contribution in [0.5, 0.6) is 0 Å². The number of halogens is 2. The molecule has 1 atom stereocenters. The molecule has 106 valence electrons. The summed E-state index contributed by atoms with van der Waals surface area (Å²) in [4.78, 5) is 0. The van der Waals surface area contributed by atoms with Gasteiger partial charge in [0.1, 0.15) is 0 Å². The zero-order valence-electron chi connectivity index (χ0n) is 11.5. The maximum Gasteiger partial charge on any atom is 0.248 e. The van der Waals surface area contributed by atoms with Crippen molar-refractivity contribution < 1.29 is 8.78 Å². The van der Waals surface area contributed by atoms with Crippen LogP contribution in [0, 0.1) is 5.92 Å². The predicted octanol–water partition coefficient (Wildman–Crippen LogP) is 4.03. The van der Waals surface area contributed by atoms with Gasteiger partial charge < -0.3 is 5.32 Å². The fourth-order valence-electron chi connectivity index (χ4n) is 3.00. The van der Waals surface area contributed by atoms with Crippen LogP contribution in [-0.4, -0.2) is 18.5 Å². The van der Waals surface area contributed by atoms with E-state index in [1.54, 1.807) is 0 Å². The molecule has 1 aliphatic rings. The van der Waals surface area contributed by atoms with Crippen molar-refractivity contribution in [3.05, 3.63) is 35.9 Å². The van der Waals surface area contributed by atoms with Crippen LogP contribution in [0.15, 0.2) is 30.3 Å². The van der Waals surface area contributed by atoms with Gasteiger partial charge in [-0.15, -0.1) is 0 Å². The van der Waals surface area contributed by atoms with Crippen molar-refractivity contribution in [2.45, 2.75) is 51.0 Å². The van der Waals surface area contributed by atoms with Crippen LogP contribution in [0.25, 0.3) is 0 Å². The molecule has 1 saturated carbocycles. The molecule has 1 nitrogen and oxygen atoms in total. The van der Waals surface area contributed by atoms with E-state index in [0.29, 0.717) is 24.8 Å². The van der Waals surface area contributed by atoms with Crippen molar-refractivity contribution in [1.82, 2.24) is 5.32 Å². The van der Waals surface area contributed by atoms with Crippen LogP contribution in [0.1, 0.15) is 38.2 Å². The maximum atomic E-state index is 13.2. The van der Waals surface area contributed by atoms with Crippen LogP contribution < -0.4 is 5.32 Å². The summed E-state index contributed by atoms with van der Waals surface area (Å²) in [6.45, 7) is 2.97. The number of benzene rings is 1. The van der Waals surface area contributed by atoms with Gasteiger partial charge in [0, 0.05) is 18.9 Å². The summed E-state index contributed by atoms with van der Waals surface area (Å²) in [6.07, 6.45) is 2.31. The molecule has 1 aromatic carbocycles. The van der Waals surface area contributed by atoms with E-state index < -0.39 is 5.92 Å². The van der Waals surface area contributed by atoms with Gasteiger partial charge in [-0.05, 0) is 37.3 Å². The number of hydrogen-bond acceptors (Lipinski definition) is 1. The van der Waals surface area contributed by atoms with E-state index in [2.05, 4.69) is 24.4 Å². The Kier molecular flexibility index (Phi) is 4.92. The first-order valence-corrected chi connectivity index (χ1v) is 7.26. The highest BCUT2D eigenvalue weighted by Gasteiger charge is 2.37. The summed E-state index contributed by atoms with van der Waals surface area (Å²) in [6, 6.07) is 10.6. The molecule has 2 rings (SSSR count). The molecule has 0 amide bonds. The Labute approximate surface area is 114 Å². The zero-order chi connectivity index (χ0) is 13.7. The highest BCUT2D eigenvalue weighted by Crippen LogP contribution is 2.37. The third kappa shape index (κ3) is 4.27. The van der Waals surface area contributed by atoms with E-state index >= 15 is 0 Å². The zero-order valence-corrected chi connectivity index (χ0v) is 11.5. The molecule has 1 aliphatic carbocycles. The summed E-state index contributed by atoms with van der Waals surface area (Å²) < 4.78 is 26.5. The fourth-order valence-corrected chi connectivity index (χ4v) is 3.00. The summed E-state index contributed by atoms with van der Waals surface area (Å²) in [7, 11) is 0. The largest absolute Gasteiger partial charge is 0.314 e. The Morgan fingerprint density at radius 3 is 2.42 bits per heavy atom. The molecule has 19 heavy (non-hydrogen) atoms. The minimum atomic E-state index is -2.43. The first-order valence-electron chi connectivity index (χ1n) is 7.26. The number of hydrogen-bond donors (Lipinski definition) is 1. The summed E-state index contributed by atoms with van der Waals surface area (Å²) >= 11 is 0. The molecule has 0 heterocycles. The molecule has 0 spiro atoms. The second-order valence-electron chi connectivity index (χ2n) is 5.55. The maximum absolute atomic E-state index is 13.2. The van der Waals surface area contributed by atoms with Crippen molar-refractivity contribution in [2.75, 3.05) is 6.54 Å². The molecule has 1 N–H and O–H groups in total. The smallest absolute Gasteiger partial charge is 0.248 e. The molecule has 0 bridgehead atoms. The van der Waals surface area contributed by atoms with E-state index in [0.717, 1.165) is 13.0 Å². The van der Waals surface area contributed by atoms with Gasteiger partial charge in [-0.25, -0.2) is 8.78 Å². The number of rotatable bonds is 5. The van der Waals surface area contributed by atoms with Crippen LogP contribution in [-0.2, 0) is 6.42 Å². The minimum Gasteiger partial charge on any atom is -0.314 e. The van der Waals surface area contributed by atoms with Gasteiger partial charge >= 0.3 is 0 Å². The van der Waals surface area contributed by atoms with E-state index in [1.807, 2.05) is 18.2 Å². The monoisotopic (exact) mass is 267 g/mol. The summed E-state index contributed by atoms with van der Waals surface area (Å²) in [5, 5.41) is 3.48. The highest BCUT2D eigenvalue weighted by molar-refractivity contribution is 5.16. The number of nitrogens with one attached hydrogen (secondary N) is 1. The molecule has 0 aromatic heterocycles. The van der Waals surface area contributed by atoms with Crippen LogP contribution in [0.2, 0.25) is 0 Å². The van der Waals surface area contributed by atoms with Gasteiger partial charge in [-0.1, -0.05) is 37.3 Å².